The first-order chi connectivity index (χ1) is 21.3. The molecule has 12 nitrogen and oxygen atoms in total. The second-order valence-corrected chi connectivity index (χ2v) is 11.6. The number of hydrogen-bond acceptors (Lipinski definition) is 11. The van der Waals surface area contributed by atoms with Crippen molar-refractivity contribution in [2.45, 2.75) is 56.8 Å². The van der Waals surface area contributed by atoms with E-state index in [2.05, 4.69) is 15.1 Å². The highest BCUT2D eigenvalue weighted by Crippen LogP contribution is 2.36. The molecule has 2 aromatic carbocycles. The van der Waals surface area contributed by atoms with E-state index in [-0.39, 0.29) is 53.9 Å². The number of fused-ring (bicyclic) bond motifs is 1. The number of ketones is 1. The summed E-state index contributed by atoms with van der Waals surface area (Å²) in [5.74, 6) is -0.999. The lowest BCUT2D eigenvalue weighted by atomic mass is 9.64. The molecule has 0 unspecified atom stereocenters. The van der Waals surface area contributed by atoms with E-state index in [0.29, 0.717) is 23.2 Å². The first-order valence-corrected chi connectivity index (χ1v) is 15.4. The maximum absolute atomic E-state index is 13.4. The highest BCUT2D eigenvalue weighted by atomic mass is 32.1. The number of oxime groups is 1. The average Bonchev–Trinajstić information content (AvgIpc) is 3.45. The summed E-state index contributed by atoms with van der Waals surface area (Å²) in [6, 6.07) is 12.3. The monoisotopic (exact) mass is 619 g/mol. The lowest BCUT2D eigenvalue weighted by Crippen LogP contribution is -2.37. The summed E-state index contributed by atoms with van der Waals surface area (Å²) < 4.78 is 11.3. The molecule has 0 bridgehead atoms. The third kappa shape index (κ3) is 7.74. The molecule has 2 aliphatic rings. The molecule has 6 N–H and O–H groups in total. The number of Topliss-reactive ketones (excluding diaryl/α,β-unsaturated/α-hetero) is 1. The number of nitrogen functional groups attached to an aromatic ring is 1. The number of carbonyl (C=O) groups excluding carboxylic acids is 1. The molecular weight excluding hydrogens is 585 g/mol. The fraction of sp³-hybridized carbons (Fsp3) is 0.367. The number of hydrogen-bond donors (Lipinski definition) is 4. The predicted octanol–water partition coefficient (Wildman–Crippen LogP) is 3.71. The highest BCUT2D eigenvalue weighted by molar-refractivity contribution is 7.13. The number of aromatic carboxylic acids is 1. The van der Waals surface area contributed by atoms with E-state index in [1.54, 1.807) is 17.5 Å². The van der Waals surface area contributed by atoms with Crippen molar-refractivity contribution in [3.05, 3.63) is 70.2 Å². The van der Waals surface area contributed by atoms with Gasteiger partial charge in [0.1, 0.15) is 29.6 Å². The molecule has 230 valence electrons. The number of ether oxygens (including phenoxy) is 1. The molecule has 1 saturated carbocycles. The summed E-state index contributed by atoms with van der Waals surface area (Å²) in [6.07, 6.45) is 5.90. The largest absolute Gasteiger partial charge is 0.535 e. The minimum absolute atomic E-state index is 0.0456. The Morgan fingerprint density at radius 3 is 2.59 bits per heavy atom. The van der Waals surface area contributed by atoms with Gasteiger partial charge in [-0.1, -0.05) is 36.6 Å². The van der Waals surface area contributed by atoms with Crippen LogP contribution in [0.15, 0.2) is 58.0 Å². The molecule has 3 aromatic rings. The molecule has 5 rings (SSSR count). The van der Waals surface area contributed by atoms with Gasteiger partial charge in [-0.05, 0) is 55.2 Å². The lowest BCUT2D eigenvalue weighted by Gasteiger charge is -2.28. The van der Waals surface area contributed by atoms with E-state index < -0.39 is 24.7 Å². The van der Waals surface area contributed by atoms with E-state index in [4.69, 9.17) is 25.7 Å². The maximum Gasteiger partial charge on any atom is 0.526 e. The summed E-state index contributed by atoms with van der Waals surface area (Å²) in [4.78, 5) is 39.2. The number of carboxylic acids is 1. The second-order valence-electron chi connectivity index (χ2n) is 10.7. The Labute approximate surface area is 258 Å². The third-order valence-electron chi connectivity index (χ3n) is 7.57. The Bertz CT molecular complexity index is 1540. The first-order valence-electron chi connectivity index (χ1n) is 14.5. The van der Waals surface area contributed by atoms with E-state index >= 15 is 0 Å². The summed E-state index contributed by atoms with van der Waals surface area (Å²) >= 11 is 1.15. The molecule has 0 spiro atoms. The number of carbonyl (C=O) groups is 2. The van der Waals surface area contributed by atoms with Gasteiger partial charge in [0.25, 0.3) is 0 Å². The van der Waals surface area contributed by atoms with Gasteiger partial charge in [0.2, 0.25) is 0 Å². The molecule has 0 amide bonds. The molecule has 1 aromatic heterocycles. The van der Waals surface area contributed by atoms with Crippen molar-refractivity contribution >= 4 is 46.9 Å². The number of nitrogens with two attached hydrogens (primary N) is 2. The normalized spacial score (nSPS) is 17.5. The van der Waals surface area contributed by atoms with Crippen LogP contribution in [-0.2, 0) is 16.1 Å². The van der Waals surface area contributed by atoms with Crippen LogP contribution in [0.3, 0.4) is 0 Å². The lowest BCUT2D eigenvalue weighted by molar-refractivity contribution is -0.113. The Balaban J connectivity index is 1.17. The Kier molecular flexibility index (Phi) is 10.1. The molecule has 1 fully saturated rings. The fourth-order valence-corrected chi connectivity index (χ4v) is 5.86. The quantitative estimate of drug-likeness (QED) is 0.0764. The molecule has 1 aliphatic heterocycles. The van der Waals surface area contributed by atoms with Crippen LogP contribution in [0.5, 0.6) is 11.5 Å². The molecule has 2 heterocycles. The Hall–Kier alpha value is -4.43. The van der Waals surface area contributed by atoms with Gasteiger partial charge in [-0.3, -0.25) is 9.79 Å². The average molecular weight is 620 g/mol. The zero-order valence-electron chi connectivity index (χ0n) is 24.1. The summed E-state index contributed by atoms with van der Waals surface area (Å²) in [5, 5.41) is 25.9. The molecule has 0 saturated heterocycles. The van der Waals surface area contributed by atoms with Crippen LogP contribution in [0.25, 0.3) is 0 Å². The van der Waals surface area contributed by atoms with Gasteiger partial charge in [0.05, 0.1) is 11.6 Å². The van der Waals surface area contributed by atoms with Gasteiger partial charge in [-0.25, -0.2) is 9.78 Å². The summed E-state index contributed by atoms with van der Waals surface area (Å²) in [5.41, 5.74) is 13.6. The van der Waals surface area contributed by atoms with Gasteiger partial charge in [0, 0.05) is 23.2 Å². The smallest absolute Gasteiger partial charge is 0.526 e. The first kappa shape index (κ1) is 31.0. The number of carboxylic acid groups (broad SMARTS) is 1. The standard InChI is InChI=1S/C30H34BN5O7S/c32-28(34-21-6-2-1-3-7-21)18-9-11-22(12-10-18)41-13-14-42-36-26(24-17-44-30(33)35-24)25(37)16-20-15-19-5-4-8-23(29(38)39)27(19)43-31(20)40/h4-5,8-12,17,20-21,40H,1-3,6-7,13-16H2,(H2,32,34)(H2,33,35)(H,38,39)/b36-26-/t20-/m1/s1. The number of anilines is 1. The zero-order chi connectivity index (χ0) is 31.1. The number of benzene rings is 2. The summed E-state index contributed by atoms with van der Waals surface area (Å²) in [7, 11) is -1.39. The van der Waals surface area contributed by atoms with Crippen molar-refractivity contribution in [3.8, 4) is 11.5 Å². The van der Waals surface area contributed by atoms with Crippen LogP contribution >= 0.6 is 11.3 Å². The fourth-order valence-electron chi connectivity index (χ4n) is 5.31. The van der Waals surface area contributed by atoms with Gasteiger partial charge in [0.15, 0.2) is 23.2 Å². The molecule has 14 heteroatoms. The van der Waals surface area contributed by atoms with Crippen LogP contribution in [-0.4, -0.2) is 64.8 Å². The summed E-state index contributed by atoms with van der Waals surface area (Å²) in [6.45, 7) is 0.205. The predicted molar refractivity (Wildman–Crippen MR) is 168 cm³/mol. The van der Waals surface area contributed by atoms with Gasteiger partial charge in [-0.15, -0.1) is 11.3 Å². The van der Waals surface area contributed by atoms with Crippen molar-refractivity contribution in [3.63, 3.8) is 0 Å². The SMILES string of the molecule is NC(=NC1CCCCC1)c1ccc(OCCO/N=C(\C(=O)C[C@H]2Cc3cccc(C(=O)O)c3OB2O)c2csc(N)n2)cc1. The Morgan fingerprint density at radius 1 is 1.11 bits per heavy atom. The van der Waals surface area contributed by atoms with E-state index in [1.807, 2.05) is 24.3 Å². The van der Waals surface area contributed by atoms with Crippen molar-refractivity contribution in [1.29, 1.82) is 0 Å². The number of para-hydroxylation sites is 1. The van der Waals surface area contributed by atoms with Crippen LogP contribution in [0, 0.1) is 0 Å². The van der Waals surface area contributed by atoms with Crippen LogP contribution < -0.4 is 20.9 Å². The highest BCUT2D eigenvalue weighted by Gasteiger charge is 2.39. The number of amidine groups is 1. The second kappa shape index (κ2) is 14.4. The van der Waals surface area contributed by atoms with Crippen LogP contribution in [0.1, 0.15) is 65.7 Å². The van der Waals surface area contributed by atoms with Gasteiger partial charge < -0.3 is 35.8 Å². The Morgan fingerprint density at radius 2 is 1.89 bits per heavy atom. The van der Waals surface area contributed by atoms with Crippen LogP contribution in [0.2, 0.25) is 5.82 Å². The minimum Gasteiger partial charge on any atom is -0.535 e. The number of aliphatic imine (C=N–C) groups is 1. The van der Waals surface area contributed by atoms with Crippen LogP contribution in [0.4, 0.5) is 5.13 Å². The van der Waals surface area contributed by atoms with Gasteiger partial charge >= 0.3 is 13.1 Å². The molecular formula is C30H34BN5O7S. The third-order valence-corrected chi connectivity index (χ3v) is 8.25. The van der Waals surface area contributed by atoms with Crippen molar-refractivity contribution in [2.75, 3.05) is 18.9 Å². The minimum atomic E-state index is -1.39. The maximum atomic E-state index is 13.4. The van der Waals surface area contributed by atoms with E-state index in [9.17, 15) is 19.7 Å². The number of nitrogens with zero attached hydrogens (tertiary/aromatic N) is 3. The van der Waals surface area contributed by atoms with Crippen molar-refractivity contribution in [2.24, 2.45) is 15.9 Å². The molecule has 44 heavy (non-hydrogen) atoms. The van der Waals surface area contributed by atoms with E-state index in [0.717, 1.165) is 29.7 Å². The molecule has 0 radical (unpaired) electrons. The molecule has 1 atom stereocenters. The zero-order valence-corrected chi connectivity index (χ0v) is 24.9. The van der Waals surface area contributed by atoms with E-state index in [1.165, 1.54) is 25.3 Å². The topological polar surface area (TPSA) is 192 Å². The number of aromatic nitrogens is 1. The van der Waals surface area contributed by atoms with Crippen molar-refractivity contribution < 1.29 is 33.9 Å². The number of thiazole rings is 1. The molecule has 1 aliphatic carbocycles. The van der Waals surface area contributed by atoms with Gasteiger partial charge in [-0.2, -0.15) is 0 Å². The number of rotatable bonds is 12. The van der Waals surface area contributed by atoms with Crippen molar-refractivity contribution in [1.82, 2.24) is 4.98 Å².